The van der Waals surface area contributed by atoms with Gasteiger partial charge in [0.2, 0.25) is 5.91 Å². The molecule has 0 spiro atoms. The standard InChI is InChI=1S/C25H25ClF3N3O5/c1-37-24(36)31-13-17(33)10-20(31)23(35)32(16-6-4-5-14(27)9-16)21(18-7-2-3-8-19(18)26)22(34)30-15-11-25(28,29)12-15/h2-9,15,17,20-21,33H,10-13H2,1H3,(H,30,34). The Bertz CT molecular complexity index is 1190. The molecule has 2 aromatic carbocycles. The smallest absolute Gasteiger partial charge is 0.410 e. The molecule has 1 saturated heterocycles. The summed E-state index contributed by atoms with van der Waals surface area (Å²) in [5, 5.41) is 12.9. The number of alkyl halides is 2. The first kappa shape index (κ1) is 26.7. The van der Waals surface area contributed by atoms with E-state index in [1.165, 1.54) is 24.3 Å². The highest BCUT2D eigenvalue weighted by molar-refractivity contribution is 6.31. The first-order chi connectivity index (χ1) is 17.5. The normalized spacial score (nSPS) is 21.6. The quantitative estimate of drug-likeness (QED) is 0.584. The molecule has 3 atom stereocenters. The molecule has 1 aliphatic carbocycles. The van der Waals surface area contributed by atoms with Crippen molar-refractivity contribution in [3.05, 3.63) is 64.9 Å². The van der Waals surface area contributed by atoms with Gasteiger partial charge in [-0.25, -0.2) is 18.0 Å². The number of ether oxygens (including phenoxy) is 1. The topological polar surface area (TPSA) is 99.2 Å². The molecule has 1 aliphatic heterocycles. The molecule has 4 rings (SSSR count). The van der Waals surface area contributed by atoms with Crippen LogP contribution in [0, 0.1) is 5.82 Å². The summed E-state index contributed by atoms with van der Waals surface area (Å²) in [6, 6.07) is 7.47. The minimum Gasteiger partial charge on any atom is -0.453 e. The molecule has 2 fully saturated rings. The van der Waals surface area contributed by atoms with E-state index in [2.05, 4.69) is 5.32 Å². The summed E-state index contributed by atoms with van der Waals surface area (Å²) in [6.07, 6.45) is -3.21. The van der Waals surface area contributed by atoms with Gasteiger partial charge in [0.15, 0.2) is 0 Å². The van der Waals surface area contributed by atoms with Gasteiger partial charge >= 0.3 is 6.09 Å². The van der Waals surface area contributed by atoms with Crippen LogP contribution in [-0.4, -0.2) is 65.7 Å². The largest absolute Gasteiger partial charge is 0.453 e. The lowest BCUT2D eigenvalue weighted by Gasteiger charge is -2.39. The highest BCUT2D eigenvalue weighted by Gasteiger charge is 2.49. The van der Waals surface area contributed by atoms with Crippen LogP contribution in [0.2, 0.25) is 5.02 Å². The molecule has 8 nitrogen and oxygen atoms in total. The van der Waals surface area contributed by atoms with E-state index in [-0.39, 0.29) is 29.2 Å². The van der Waals surface area contributed by atoms with Gasteiger partial charge in [-0.15, -0.1) is 0 Å². The van der Waals surface area contributed by atoms with Crippen molar-refractivity contribution in [1.82, 2.24) is 10.2 Å². The van der Waals surface area contributed by atoms with Gasteiger partial charge in [-0.2, -0.15) is 0 Å². The van der Waals surface area contributed by atoms with E-state index in [1.807, 2.05) is 0 Å². The zero-order valence-electron chi connectivity index (χ0n) is 19.7. The third kappa shape index (κ3) is 5.67. The second-order valence-electron chi connectivity index (χ2n) is 9.11. The van der Waals surface area contributed by atoms with Crippen molar-refractivity contribution in [1.29, 1.82) is 0 Å². The number of rotatable bonds is 6. The predicted molar refractivity (Wildman–Crippen MR) is 128 cm³/mol. The van der Waals surface area contributed by atoms with Gasteiger partial charge in [-0.3, -0.25) is 19.4 Å². The lowest BCUT2D eigenvalue weighted by atomic mass is 9.87. The Morgan fingerprint density at radius 3 is 2.51 bits per heavy atom. The lowest BCUT2D eigenvalue weighted by molar-refractivity contribution is -0.133. The number of halogens is 4. The van der Waals surface area contributed by atoms with E-state index in [4.69, 9.17) is 16.3 Å². The number of aliphatic hydroxyl groups excluding tert-OH is 1. The van der Waals surface area contributed by atoms with Gasteiger partial charge in [0, 0.05) is 41.6 Å². The van der Waals surface area contributed by atoms with Crippen molar-refractivity contribution in [2.24, 2.45) is 0 Å². The number of aliphatic hydroxyl groups is 1. The molecule has 0 bridgehead atoms. The summed E-state index contributed by atoms with van der Waals surface area (Å²) in [4.78, 5) is 42.0. The van der Waals surface area contributed by atoms with Crippen LogP contribution in [-0.2, 0) is 14.3 Å². The average Bonchev–Trinajstić information content (AvgIpc) is 3.22. The summed E-state index contributed by atoms with van der Waals surface area (Å²) in [7, 11) is 1.12. The minimum absolute atomic E-state index is 0.0322. The number of β-amino-alcohol motifs (C(OH)–C–C–N with tert-alkyl or cyclic N) is 1. The van der Waals surface area contributed by atoms with Crippen LogP contribution >= 0.6 is 11.6 Å². The molecule has 2 aromatic rings. The van der Waals surface area contributed by atoms with E-state index in [0.29, 0.717) is 0 Å². The van der Waals surface area contributed by atoms with E-state index >= 15 is 0 Å². The molecular weight excluding hydrogens is 515 g/mol. The van der Waals surface area contributed by atoms with E-state index < -0.39 is 66.7 Å². The minimum atomic E-state index is -2.91. The monoisotopic (exact) mass is 539 g/mol. The van der Waals surface area contributed by atoms with E-state index in [1.54, 1.807) is 12.1 Å². The zero-order valence-corrected chi connectivity index (χ0v) is 20.5. The number of carbonyl (C=O) groups is 3. The molecule has 0 aromatic heterocycles. The summed E-state index contributed by atoms with van der Waals surface area (Å²) in [5.41, 5.74) is 0.128. The number of likely N-dealkylation sites (tertiary alicyclic amines) is 1. The number of amides is 3. The van der Waals surface area contributed by atoms with E-state index in [0.717, 1.165) is 29.0 Å². The number of carbonyl (C=O) groups excluding carboxylic acids is 3. The molecule has 2 aliphatic rings. The van der Waals surface area contributed by atoms with Gasteiger partial charge in [0.1, 0.15) is 17.9 Å². The van der Waals surface area contributed by atoms with Crippen LogP contribution in [0.25, 0.3) is 0 Å². The van der Waals surface area contributed by atoms with Crippen molar-refractivity contribution < 1.29 is 37.4 Å². The lowest BCUT2D eigenvalue weighted by Crippen LogP contribution is -2.56. The predicted octanol–water partition coefficient (Wildman–Crippen LogP) is 3.67. The number of benzene rings is 2. The third-order valence-corrected chi connectivity index (χ3v) is 6.78. The van der Waals surface area contributed by atoms with Crippen LogP contribution in [0.5, 0.6) is 0 Å². The molecule has 2 N–H and O–H groups in total. The van der Waals surface area contributed by atoms with Crippen molar-refractivity contribution in [2.75, 3.05) is 18.6 Å². The van der Waals surface area contributed by atoms with Gasteiger partial charge in [0.25, 0.3) is 11.8 Å². The first-order valence-electron chi connectivity index (χ1n) is 11.5. The number of nitrogens with zero attached hydrogens (tertiary/aromatic N) is 2. The summed E-state index contributed by atoms with van der Waals surface area (Å²) >= 11 is 6.41. The second-order valence-corrected chi connectivity index (χ2v) is 9.52. The van der Waals surface area contributed by atoms with Gasteiger partial charge in [-0.05, 0) is 24.3 Å². The third-order valence-electron chi connectivity index (χ3n) is 6.44. The molecule has 1 heterocycles. The van der Waals surface area contributed by atoms with Gasteiger partial charge < -0.3 is 15.2 Å². The van der Waals surface area contributed by atoms with Crippen LogP contribution in [0.1, 0.15) is 30.9 Å². The maximum Gasteiger partial charge on any atom is 0.410 e. The second kappa shape index (κ2) is 10.6. The molecule has 0 radical (unpaired) electrons. The molecule has 12 heteroatoms. The molecule has 198 valence electrons. The summed E-state index contributed by atoms with van der Waals surface area (Å²) in [6.45, 7) is -0.194. The molecule has 3 amide bonds. The molecule has 37 heavy (non-hydrogen) atoms. The highest BCUT2D eigenvalue weighted by atomic mass is 35.5. The van der Waals surface area contributed by atoms with Gasteiger partial charge in [0.05, 0.1) is 19.8 Å². The fourth-order valence-electron chi connectivity index (χ4n) is 4.69. The average molecular weight is 540 g/mol. The Labute approximate surface area is 215 Å². The van der Waals surface area contributed by atoms with Crippen molar-refractivity contribution >= 4 is 35.2 Å². The SMILES string of the molecule is COC(=O)N1CC(O)CC1C(=O)N(c1cccc(F)c1)C(C(=O)NC1CC(F)(F)C1)c1ccccc1Cl. The number of hydrogen-bond donors (Lipinski definition) is 2. The molecular formula is C25H25ClF3N3O5. The van der Waals surface area contributed by atoms with E-state index in [9.17, 15) is 32.7 Å². The van der Waals surface area contributed by atoms with Crippen molar-refractivity contribution in [2.45, 2.75) is 49.4 Å². The fraction of sp³-hybridized carbons (Fsp3) is 0.400. The Balaban J connectivity index is 1.80. The maximum absolute atomic E-state index is 14.3. The number of hydrogen-bond acceptors (Lipinski definition) is 5. The number of anilines is 1. The van der Waals surface area contributed by atoms with Crippen LogP contribution in [0.15, 0.2) is 48.5 Å². The zero-order chi connectivity index (χ0) is 26.9. The number of methoxy groups -OCH3 is 1. The Morgan fingerprint density at radius 1 is 1.19 bits per heavy atom. The van der Waals surface area contributed by atoms with Gasteiger partial charge in [-0.1, -0.05) is 35.9 Å². The summed E-state index contributed by atoms with van der Waals surface area (Å²) < 4.78 is 46.0. The highest BCUT2D eigenvalue weighted by Crippen LogP contribution is 2.39. The van der Waals surface area contributed by atoms with Crippen LogP contribution in [0.4, 0.5) is 23.7 Å². The molecule has 3 unspecified atom stereocenters. The number of nitrogens with one attached hydrogen (secondary N) is 1. The first-order valence-corrected chi connectivity index (χ1v) is 11.9. The summed E-state index contributed by atoms with van der Waals surface area (Å²) in [5.74, 6) is -5.24. The van der Waals surface area contributed by atoms with Crippen LogP contribution in [0.3, 0.4) is 0 Å². The molecule has 1 saturated carbocycles. The Hall–Kier alpha value is -3.31. The maximum atomic E-state index is 14.3. The Kier molecular flexibility index (Phi) is 7.65. The fourth-order valence-corrected chi connectivity index (χ4v) is 4.93. The Morgan fingerprint density at radius 2 is 1.89 bits per heavy atom. The van der Waals surface area contributed by atoms with Crippen molar-refractivity contribution in [3.63, 3.8) is 0 Å². The van der Waals surface area contributed by atoms with Crippen molar-refractivity contribution in [3.8, 4) is 0 Å². The van der Waals surface area contributed by atoms with Crippen LogP contribution < -0.4 is 10.2 Å².